The van der Waals surface area contributed by atoms with E-state index in [0.29, 0.717) is 18.6 Å². The second-order valence-corrected chi connectivity index (χ2v) is 5.40. The number of methoxy groups -OCH3 is 1. The van der Waals surface area contributed by atoms with E-state index in [0.717, 1.165) is 16.9 Å². The molecular weight excluding hydrogens is 282 g/mol. The summed E-state index contributed by atoms with van der Waals surface area (Å²) in [6.45, 7) is 3.89. The Morgan fingerprint density at radius 3 is 2.77 bits per heavy atom. The normalized spacial score (nSPS) is 16.1. The maximum atomic E-state index is 12.3. The van der Waals surface area contributed by atoms with Gasteiger partial charge in [-0.2, -0.15) is 5.10 Å². The molecule has 6 heteroatoms. The summed E-state index contributed by atoms with van der Waals surface area (Å²) in [4.78, 5) is 23.7. The molecule has 1 aliphatic rings. The molecule has 0 unspecified atom stereocenters. The Labute approximate surface area is 130 Å². The van der Waals surface area contributed by atoms with E-state index in [-0.39, 0.29) is 17.9 Å². The smallest absolute Gasteiger partial charge is 0.267 e. The number of nitrogens with zero attached hydrogens (tertiary/aromatic N) is 2. The van der Waals surface area contributed by atoms with Gasteiger partial charge in [-0.1, -0.05) is 17.7 Å². The number of carbonyl (C=O) groups is 2. The third-order valence-electron chi connectivity index (χ3n) is 3.67. The largest absolute Gasteiger partial charge is 0.496 e. The molecule has 1 heterocycles. The van der Waals surface area contributed by atoms with Crippen LogP contribution in [-0.4, -0.2) is 36.7 Å². The molecular formula is C16H21N3O3. The van der Waals surface area contributed by atoms with Gasteiger partial charge in [0.05, 0.1) is 13.2 Å². The molecule has 118 valence electrons. The molecule has 1 N–H and O–H groups in total. The second-order valence-electron chi connectivity index (χ2n) is 5.40. The molecule has 1 aromatic rings. The lowest BCUT2D eigenvalue weighted by molar-refractivity contribution is -0.130. The summed E-state index contributed by atoms with van der Waals surface area (Å²) in [7, 11) is 3.16. The number of benzene rings is 1. The van der Waals surface area contributed by atoms with Crippen molar-refractivity contribution in [2.45, 2.75) is 32.7 Å². The van der Waals surface area contributed by atoms with Crippen molar-refractivity contribution >= 4 is 17.5 Å². The molecule has 0 aliphatic carbocycles. The Morgan fingerprint density at radius 1 is 1.41 bits per heavy atom. The first-order valence-corrected chi connectivity index (χ1v) is 7.21. The summed E-state index contributed by atoms with van der Waals surface area (Å²) in [5, 5.41) is 8.16. The van der Waals surface area contributed by atoms with Gasteiger partial charge in [-0.05, 0) is 19.9 Å². The molecule has 22 heavy (non-hydrogen) atoms. The number of rotatable bonds is 4. The number of amides is 2. The van der Waals surface area contributed by atoms with Crippen molar-refractivity contribution in [2.24, 2.45) is 5.10 Å². The number of nitrogens with one attached hydrogen (secondary N) is 1. The lowest BCUT2D eigenvalue weighted by atomic mass is 10.0. The van der Waals surface area contributed by atoms with Gasteiger partial charge in [0.1, 0.15) is 11.5 Å². The van der Waals surface area contributed by atoms with Crippen LogP contribution in [-0.2, 0) is 9.59 Å². The van der Waals surface area contributed by atoms with E-state index in [4.69, 9.17) is 4.74 Å². The van der Waals surface area contributed by atoms with Crippen molar-refractivity contribution in [3.8, 4) is 5.75 Å². The van der Waals surface area contributed by atoms with Crippen LogP contribution in [0.2, 0.25) is 0 Å². The minimum Gasteiger partial charge on any atom is -0.496 e. The van der Waals surface area contributed by atoms with Gasteiger partial charge in [0.25, 0.3) is 5.91 Å². The Kier molecular flexibility index (Phi) is 4.80. The van der Waals surface area contributed by atoms with Crippen molar-refractivity contribution in [1.82, 2.24) is 10.3 Å². The second kappa shape index (κ2) is 6.60. The van der Waals surface area contributed by atoms with Crippen LogP contribution in [0.25, 0.3) is 0 Å². The Morgan fingerprint density at radius 2 is 2.14 bits per heavy atom. The molecule has 0 fully saturated rings. The summed E-state index contributed by atoms with van der Waals surface area (Å²) >= 11 is 0. The lowest BCUT2D eigenvalue weighted by Gasteiger charge is -2.22. The predicted octanol–water partition coefficient (Wildman–Crippen LogP) is 1.79. The summed E-state index contributed by atoms with van der Waals surface area (Å²) in [5.41, 5.74) is 2.38. The first kappa shape index (κ1) is 16.0. The van der Waals surface area contributed by atoms with Crippen LogP contribution >= 0.6 is 0 Å². The van der Waals surface area contributed by atoms with E-state index in [1.807, 2.05) is 32.0 Å². The molecule has 1 atom stereocenters. The number of hydrazone groups is 1. The summed E-state index contributed by atoms with van der Waals surface area (Å²) in [6, 6.07) is 5.62. The topological polar surface area (TPSA) is 71.0 Å². The van der Waals surface area contributed by atoms with Crippen LogP contribution in [0, 0.1) is 6.92 Å². The van der Waals surface area contributed by atoms with Crippen molar-refractivity contribution < 1.29 is 14.3 Å². The van der Waals surface area contributed by atoms with Crippen molar-refractivity contribution in [3.63, 3.8) is 0 Å². The Hall–Kier alpha value is -2.37. The number of hydrogen-bond acceptors (Lipinski definition) is 4. The molecule has 0 spiro atoms. The molecule has 0 bridgehead atoms. The number of hydrogen-bond donors (Lipinski definition) is 1. The highest BCUT2D eigenvalue weighted by atomic mass is 16.5. The predicted molar refractivity (Wildman–Crippen MR) is 83.7 cm³/mol. The fraction of sp³-hybridized carbons (Fsp3) is 0.438. The lowest BCUT2D eigenvalue weighted by Crippen LogP contribution is -2.38. The van der Waals surface area contributed by atoms with Crippen molar-refractivity contribution in [1.29, 1.82) is 0 Å². The fourth-order valence-electron chi connectivity index (χ4n) is 2.38. The maximum Gasteiger partial charge on any atom is 0.267 e. The average Bonchev–Trinajstić information content (AvgIpc) is 2.49. The molecule has 0 saturated heterocycles. The van der Waals surface area contributed by atoms with Crippen LogP contribution in [0.15, 0.2) is 23.3 Å². The summed E-state index contributed by atoms with van der Waals surface area (Å²) in [5.74, 6) is 0.400. The quantitative estimate of drug-likeness (QED) is 0.922. The molecule has 0 aromatic heterocycles. The monoisotopic (exact) mass is 303 g/mol. The molecule has 2 rings (SSSR count). The van der Waals surface area contributed by atoms with Gasteiger partial charge < -0.3 is 10.1 Å². The van der Waals surface area contributed by atoms with Crippen molar-refractivity contribution in [3.05, 3.63) is 29.3 Å². The highest BCUT2D eigenvalue weighted by Crippen LogP contribution is 2.26. The van der Waals surface area contributed by atoms with E-state index in [2.05, 4.69) is 10.4 Å². The zero-order valence-corrected chi connectivity index (χ0v) is 13.3. The average molecular weight is 303 g/mol. The third-order valence-corrected chi connectivity index (χ3v) is 3.67. The van der Waals surface area contributed by atoms with Gasteiger partial charge in [-0.15, -0.1) is 0 Å². The molecule has 2 amide bonds. The van der Waals surface area contributed by atoms with Gasteiger partial charge in [-0.25, -0.2) is 5.01 Å². The Balaban J connectivity index is 2.13. The van der Waals surface area contributed by atoms with Crippen LogP contribution in [0.3, 0.4) is 0 Å². The van der Waals surface area contributed by atoms with Crippen LogP contribution in [0.4, 0.5) is 0 Å². The van der Waals surface area contributed by atoms with Crippen molar-refractivity contribution in [2.75, 3.05) is 14.2 Å². The van der Waals surface area contributed by atoms with E-state index in [1.165, 1.54) is 5.01 Å². The highest BCUT2D eigenvalue weighted by Gasteiger charge is 2.23. The Bertz CT molecular complexity index is 625. The van der Waals surface area contributed by atoms with Gasteiger partial charge in [0.2, 0.25) is 5.91 Å². The number of aryl methyl sites for hydroxylation is 1. The van der Waals surface area contributed by atoms with Crippen LogP contribution in [0.5, 0.6) is 5.75 Å². The van der Waals surface area contributed by atoms with Gasteiger partial charge in [0, 0.05) is 25.5 Å². The first-order chi connectivity index (χ1) is 10.4. The first-order valence-electron chi connectivity index (χ1n) is 7.21. The summed E-state index contributed by atoms with van der Waals surface area (Å²) < 4.78 is 5.35. The molecule has 1 aliphatic heterocycles. The highest BCUT2D eigenvalue weighted by molar-refractivity contribution is 6.39. The number of ether oxygens (including phenoxy) is 1. The molecule has 0 saturated carbocycles. The van der Waals surface area contributed by atoms with E-state index in [1.54, 1.807) is 14.2 Å². The van der Waals surface area contributed by atoms with Gasteiger partial charge in [0.15, 0.2) is 0 Å². The zero-order chi connectivity index (χ0) is 16.3. The molecule has 0 radical (unpaired) electrons. The zero-order valence-electron chi connectivity index (χ0n) is 13.3. The van der Waals surface area contributed by atoms with Crippen LogP contribution < -0.4 is 10.1 Å². The van der Waals surface area contributed by atoms with Gasteiger partial charge in [-0.3, -0.25) is 9.59 Å². The third kappa shape index (κ3) is 3.44. The molecule has 6 nitrogen and oxygen atoms in total. The van der Waals surface area contributed by atoms with Crippen LogP contribution in [0.1, 0.15) is 36.9 Å². The minimum atomic E-state index is -0.254. The SMILES string of the molecule is COc1ccc(C)cc1[C@H](C)NC(=O)C1=NN(C)C(=O)CC1. The standard InChI is InChI=1S/C16H21N3O3/c1-10-5-7-14(22-4)12(9-10)11(2)17-16(21)13-6-8-15(20)19(3)18-13/h5,7,9,11H,6,8H2,1-4H3,(H,17,21)/t11-/m0/s1. The summed E-state index contributed by atoms with van der Waals surface area (Å²) in [6.07, 6.45) is 0.678. The minimum absolute atomic E-state index is 0.0787. The maximum absolute atomic E-state index is 12.3. The van der Waals surface area contributed by atoms with Gasteiger partial charge >= 0.3 is 0 Å². The fourth-order valence-corrected chi connectivity index (χ4v) is 2.38. The van der Waals surface area contributed by atoms with E-state index < -0.39 is 0 Å². The van der Waals surface area contributed by atoms with E-state index >= 15 is 0 Å². The number of carbonyl (C=O) groups excluding carboxylic acids is 2. The molecule has 1 aromatic carbocycles. The van der Waals surface area contributed by atoms with E-state index in [9.17, 15) is 9.59 Å².